The van der Waals surface area contributed by atoms with Gasteiger partial charge in [-0.05, 0) is 26.0 Å². The lowest BCUT2D eigenvalue weighted by Gasteiger charge is -2.16. The second-order valence-electron chi connectivity index (χ2n) is 4.96. The number of urea groups is 1. The molecule has 0 spiro atoms. The molecule has 2 heterocycles. The summed E-state index contributed by atoms with van der Waals surface area (Å²) >= 11 is 0. The highest BCUT2D eigenvalue weighted by Crippen LogP contribution is 2.15. The summed E-state index contributed by atoms with van der Waals surface area (Å²) in [6, 6.07) is 3.09. The van der Waals surface area contributed by atoms with E-state index in [1.807, 2.05) is 26.0 Å². The highest BCUT2D eigenvalue weighted by Gasteiger charge is 2.28. The zero-order chi connectivity index (χ0) is 14.0. The first-order valence-corrected chi connectivity index (χ1v) is 6.33. The molecule has 0 unspecified atom stereocenters. The van der Waals surface area contributed by atoms with Gasteiger partial charge in [-0.3, -0.25) is 4.79 Å². The maximum Gasteiger partial charge on any atom is 0.315 e. The van der Waals surface area contributed by atoms with E-state index in [4.69, 9.17) is 4.42 Å². The van der Waals surface area contributed by atoms with E-state index < -0.39 is 0 Å². The first-order chi connectivity index (χ1) is 8.95. The number of carbonyl (C=O) groups is 2. The smallest absolute Gasteiger partial charge is 0.315 e. The lowest BCUT2D eigenvalue weighted by Crippen LogP contribution is -2.43. The van der Waals surface area contributed by atoms with Gasteiger partial charge in [-0.2, -0.15) is 0 Å². The fraction of sp³-hybridized carbons (Fsp3) is 0.538. The number of hydrogen-bond acceptors (Lipinski definition) is 3. The monoisotopic (exact) mass is 265 g/mol. The van der Waals surface area contributed by atoms with Gasteiger partial charge in [0.15, 0.2) is 0 Å². The molecule has 2 atom stereocenters. The summed E-state index contributed by atoms with van der Waals surface area (Å²) in [5.41, 5.74) is 0. The zero-order valence-corrected chi connectivity index (χ0v) is 11.4. The van der Waals surface area contributed by atoms with Crippen LogP contribution in [-0.2, 0) is 4.79 Å². The van der Waals surface area contributed by atoms with Gasteiger partial charge in [0, 0.05) is 20.0 Å². The Bertz CT molecular complexity index is 483. The third-order valence-electron chi connectivity index (χ3n) is 3.21. The number of hydrogen-bond donors (Lipinski definition) is 2. The number of nitrogens with zero attached hydrogens (tertiary/aromatic N) is 1. The molecule has 3 amide bonds. The van der Waals surface area contributed by atoms with Crippen molar-refractivity contribution in [2.75, 3.05) is 13.6 Å². The number of amides is 3. The molecule has 6 nitrogen and oxygen atoms in total. The van der Waals surface area contributed by atoms with Crippen molar-refractivity contribution in [2.24, 2.45) is 0 Å². The van der Waals surface area contributed by atoms with Gasteiger partial charge in [-0.15, -0.1) is 0 Å². The van der Waals surface area contributed by atoms with Gasteiger partial charge in [0.2, 0.25) is 5.91 Å². The van der Waals surface area contributed by atoms with E-state index in [9.17, 15) is 9.59 Å². The lowest BCUT2D eigenvalue weighted by atomic mass is 10.2. The average molecular weight is 265 g/mol. The van der Waals surface area contributed by atoms with Crippen LogP contribution in [0.1, 0.15) is 30.9 Å². The van der Waals surface area contributed by atoms with Crippen LogP contribution in [0.25, 0.3) is 0 Å². The topological polar surface area (TPSA) is 74.6 Å². The number of aryl methyl sites for hydroxylation is 1. The highest BCUT2D eigenvalue weighted by atomic mass is 16.3. The van der Waals surface area contributed by atoms with Crippen LogP contribution in [-0.4, -0.2) is 36.5 Å². The molecule has 1 aliphatic rings. The van der Waals surface area contributed by atoms with Gasteiger partial charge in [0.25, 0.3) is 0 Å². The first-order valence-electron chi connectivity index (χ1n) is 6.33. The second-order valence-corrected chi connectivity index (χ2v) is 4.96. The minimum Gasteiger partial charge on any atom is -0.464 e. The number of rotatable bonds is 3. The molecule has 1 aromatic heterocycles. The molecular weight excluding hydrogens is 246 g/mol. The van der Waals surface area contributed by atoms with Crippen molar-refractivity contribution >= 4 is 11.9 Å². The Kier molecular flexibility index (Phi) is 3.78. The van der Waals surface area contributed by atoms with E-state index in [1.54, 1.807) is 11.9 Å². The summed E-state index contributed by atoms with van der Waals surface area (Å²) in [5, 5.41) is 5.59. The van der Waals surface area contributed by atoms with Gasteiger partial charge in [-0.1, -0.05) is 0 Å². The summed E-state index contributed by atoms with van der Waals surface area (Å²) in [6.45, 7) is 4.26. The number of likely N-dealkylation sites (N-methyl/N-ethyl adjacent to an activating group) is 1. The summed E-state index contributed by atoms with van der Waals surface area (Å²) in [4.78, 5) is 24.8. The molecule has 0 aliphatic carbocycles. The van der Waals surface area contributed by atoms with Crippen molar-refractivity contribution < 1.29 is 14.0 Å². The van der Waals surface area contributed by atoms with Crippen LogP contribution >= 0.6 is 0 Å². The maximum absolute atomic E-state index is 11.8. The van der Waals surface area contributed by atoms with Gasteiger partial charge >= 0.3 is 6.03 Å². The molecule has 2 rings (SSSR count). The van der Waals surface area contributed by atoms with E-state index in [1.165, 1.54) is 0 Å². The quantitative estimate of drug-likeness (QED) is 0.861. The van der Waals surface area contributed by atoms with E-state index in [-0.39, 0.29) is 24.0 Å². The van der Waals surface area contributed by atoms with Crippen LogP contribution in [0.3, 0.4) is 0 Å². The minimum atomic E-state index is -0.283. The van der Waals surface area contributed by atoms with E-state index in [0.29, 0.717) is 18.7 Å². The van der Waals surface area contributed by atoms with Crippen LogP contribution in [0.15, 0.2) is 16.5 Å². The van der Waals surface area contributed by atoms with E-state index >= 15 is 0 Å². The zero-order valence-electron chi connectivity index (χ0n) is 11.4. The maximum atomic E-state index is 11.8. The third-order valence-corrected chi connectivity index (χ3v) is 3.21. The van der Waals surface area contributed by atoms with E-state index in [2.05, 4.69) is 10.6 Å². The predicted octanol–water partition coefficient (Wildman–Crippen LogP) is 1.18. The van der Waals surface area contributed by atoms with Crippen LogP contribution in [0.4, 0.5) is 4.79 Å². The first kappa shape index (κ1) is 13.5. The summed E-state index contributed by atoms with van der Waals surface area (Å²) < 4.78 is 5.45. The second kappa shape index (κ2) is 5.34. The third kappa shape index (κ3) is 3.27. The van der Waals surface area contributed by atoms with E-state index in [0.717, 1.165) is 5.76 Å². The lowest BCUT2D eigenvalue weighted by molar-refractivity contribution is -0.126. The molecule has 1 saturated heterocycles. The number of likely N-dealkylation sites (tertiary alicyclic amines) is 1. The van der Waals surface area contributed by atoms with Crippen molar-refractivity contribution in [2.45, 2.75) is 32.4 Å². The molecule has 1 fully saturated rings. The van der Waals surface area contributed by atoms with Crippen molar-refractivity contribution in [3.05, 3.63) is 23.7 Å². The molecule has 6 heteroatoms. The fourth-order valence-electron chi connectivity index (χ4n) is 2.14. The van der Waals surface area contributed by atoms with Gasteiger partial charge in [0.1, 0.15) is 11.5 Å². The predicted molar refractivity (Wildman–Crippen MR) is 69.6 cm³/mol. The Hall–Kier alpha value is -1.98. The van der Waals surface area contributed by atoms with Crippen LogP contribution < -0.4 is 10.6 Å². The standard InChI is InChI=1S/C13H19N3O3/c1-8-4-5-11(19-8)9(2)14-13(18)15-10-6-12(17)16(3)7-10/h4-5,9-10H,6-7H2,1-3H3,(H2,14,15,18)/t9-,10-/m0/s1. The van der Waals surface area contributed by atoms with Gasteiger partial charge in [0.05, 0.1) is 12.1 Å². The van der Waals surface area contributed by atoms with Gasteiger partial charge < -0.3 is 20.0 Å². The van der Waals surface area contributed by atoms with Crippen LogP contribution in [0.5, 0.6) is 0 Å². The summed E-state index contributed by atoms with van der Waals surface area (Å²) in [5.74, 6) is 1.58. The highest BCUT2D eigenvalue weighted by molar-refractivity contribution is 5.81. The molecular formula is C13H19N3O3. The Balaban J connectivity index is 1.83. The van der Waals surface area contributed by atoms with Gasteiger partial charge in [-0.25, -0.2) is 4.79 Å². The SMILES string of the molecule is Cc1ccc([C@H](C)NC(=O)N[C@H]2CC(=O)N(C)C2)o1. The Morgan fingerprint density at radius 2 is 2.26 bits per heavy atom. The Labute approximate surface area is 112 Å². The largest absolute Gasteiger partial charge is 0.464 e. The minimum absolute atomic E-state index is 0.0556. The number of nitrogens with one attached hydrogen (secondary N) is 2. The summed E-state index contributed by atoms with van der Waals surface area (Å²) in [6.07, 6.45) is 0.359. The molecule has 0 saturated carbocycles. The van der Waals surface area contributed by atoms with Crippen LogP contribution in [0.2, 0.25) is 0 Å². The van der Waals surface area contributed by atoms with Crippen molar-refractivity contribution in [3.63, 3.8) is 0 Å². The fourth-order valence-corrected chi connectivity index (χ4v) is 2.14. The molecule has 0 bridgehead atoms. The molecule has 0 aromatic carbocycles. The molecule has 2 N–H and O–H groups in total. The molecule has 1 aromatic rings. The van der Waals surface area contributed by atoms with Crippen LogP contribution in [0, 0.1) is 6.92 Å². The van der Waals surface area contributed by atoms with Crippen molar-refractivity contribution in [3.8, 4) is 0 Å². The number of carbonyl (C=O) groups excluding carboxylic acids is 2. The summed E-state index contributed by atoms with van der Waals surface area (Å²) in [7, 11) is 1.73. The molecule has 0 radical (unpaired) electrons. The van der Waals surface area contributed by atoms with Crippen molar-refractivity contribution in [1.29, 1.82) is 0 Å². The molecule has 104 valence electrons. The average Bonchev–Trinajstić information content (AvgIpc) is 2.86. The normalized spacial score (nSPS) is 20.5. The molecule has 1 aliphatic heterocycles. The Morgan fingerprint density at radius 3 is 2.79 bits per heavy atom. The molecule has 19 heavy (non-hydrogen) atoms. The number of furan rings is 1. The van der Waals surface area contributed by atoms with Crippen molar-refractivity contribution in [1.82, 2.24) is 15.5 Å². The Morgan fingerprint density at radius 1 is 1.53 bits per heavy atom.